The molecule has 2 nitrogen and oxygen atoms in total. The van der Waals surface area contributed by atoms with E-state index in [0.717, 1.165) is 17.5 Å². The van der Waals surface area contributed by atoms with Crippen molar-refractivity contribution in [1.82, 2.24) is 5.32 Å². The van der Waals surface area contributed by atoms with E-state index in [0.29, 0.717) is 11.4 Å². The summed E-state index contributed by atoms with van der Waals surface area (Å²) in [5, 5.41) is 3.81. The molecule has 1 unspecified atom stereocenters. The lowest BCUT2D eigenvalue weighted by Crippen LogP contribution is -2.29. The van der Waals surface area contributed by atoms with Crippen LogP contribution in [-0.4, -0.2) is 5.91 Å². The quantitative estimate of drug-likeness (QED) is 0.846. The van der Waals surface area contributed by atoms with Crippen molar-refractivity contribution in [2.24, 2.45) is 0 Å². The van der Waals surface area contributed by atoms with Gasteiger partial charge in [-0.15, -0.1) is 0 Å². The van der Waals surface area contributed by atoms with Gasteiger partial charge in [0.05, 0.1) is 12.5 Å². The van der Waals surface area contributed by atoms with Gasteiger partial charge in [-0.25, -0.2) is 0 Å². The van der Waals surface area contributed by atoms with Gasteiger partial charge in [-0.1, -0.05) is 48.9 Å². The van der Waals surface area contributed by atoms with Crippen LogP contribution in [0, 0.1) is 13.8 Å². The van der Waals surface area contributed by atoms with E-state index in [2.05, 4.69) is 44.3 Å². The normalized spacial score (nSPS) is 12.0. The molecular formula is C19H22ClNO. The molecule has 2 aromatic carbocycles. The first kappa shape index (κ1) is 16.6. The smallest absolute Gasteiger partial charge is 0.224 e. The number of rotatable bonds is 5. The fourth-order valence-corrected chi connectivity index (χ4v) is 2.56. The number of aryl methyl sites for hydroxylation is 2. The molecule has 0 radical (unpaired) electrons. The Bertz CT molecular complexity index is 649. The molecule has 2 aromatic rings. The van der Waals surface area contributed by atoms with Crippen LogP contribution < -0.4 is 5.32 Å². The maximum absolute atomic E-state index is 12.2. The summed E-state index contributed by atoms with van der Waals surface area (Å²) in [6.07, 6.45) is 1.24. The summed E-state index contributed by atoms with van der Waals surface area (Å²) >= 11 is 5.86. The predicted molar refractivity (Wildman–Crippen MR) is 92.2 cm³/mol. The van der Waals surface area contributed by atoms with Crippen LogP contribution in [0.3, 0.4) is 0 Å². The van der Waals surface area contributed by atoms with Crippen LogP contribution in [0.15, 0.2) is 42.5 Å². The van der Waals surface area contributed by atoms with Crippen LogP contribution in [-0.2, 0) is 11.2 Å². The van der Waals surface area contributed by atoms with Gasteiger partial charge in [0.15, 0.2) is 0 Å². The molecule has 116 valence electrons. The Labute approximate surface area is 137 Å². The van der Waals surface area contributed by atoms with E-state index in [1.165, 1.54) is 11.1 Å². The highest BCUT2D eigenvalue weighted by Crippen LogP contribution is 2.20. The molecule has 0 saturated carbocycles. The third-order valence-electron chi connectivity index (χ3n) is 3.95. The number of halogens is 1. The van der Waals surface area contributed by atoms with Gasteiger partial charge >= 0.3 is 0 Å². The second kappa shape index (κ2) is 7.46. The van der Waals surface area contributed by atoms with Gasteiger partial charge in [-0.05, 0) is 54.7 Å². The predicted octanol–water partition coefficient (Wildman–Crippen LogP) is 4.77. The average Bonchev–Trinajstić information content (AvgIpc) is 2.50. The van der Waals surface area contributed by atoms with Crippen molar-refractivity contribution in [2.75, 3.05) is 0 Å². The minimum absolute atomic E-state index is 0.0346. The summed E-state index contributed by atoms with van der Waals surface area (Å²) in [6, 6.07) is 13.8. The molecule has 1 atom stereocenters. The molecule has 0 aliphatic carbocycles. The first-order valence-electron chi connectivity index (χ1n) is 7.60. The van der Waals surface area contributed by atoms with Gasteiger partial charge in [-0.2, -0.15) is 0 Å². The summed E-state index contributed by atoms with van der Waals surface area (Å²) in [4.78, 5) is 12.2. The highest BCUT2D eigenvalue weighted by atomic mass is 35.5. The van der Waals surface area contributed by atoms with Gasteiger partial charge in [0, 0.05) is 5.02 Å². The van der Waals surface area contributed by atoms with E-state index in [-0.39, 0.29) is 11.9 Å². The van der Waals surface area contributed by atoms with Crippen LogP contribution in [0.1, 0.15) is 41.6 Å². The monoisotopic (exact) mass is 315 g/mol. The lowest BCUT2D eigenvalue weighted by molar-refractivity contribution is -0.121. The molecule has 0 spiro atoms. The summed E-state index contributed by atoms with van der Waals surface area (Å²) < 4.78 is 0. The number of carbonyl (C=O) groups is 1. The average molecular weight is 316 g/mol. The summed E-state index contributed by atoms with van der Waals surface area (Å²) in [5.74, 6) is 0.0346. The van der Waals surface area contributed by atoms with E-state index < -0.39 is 0 Å². The first-order valence-corrected chi connectivity index (χ1v) is 7.98. The maximum Gasteiger partial charge on any atom is 0.224 e. The van der Waals surface area contributed by atoms with Crippen molar-refractivity contribution < 1.29 is 4.79 Å². The first-order chi connectivity index (χ1) is 10.5. The molecule has 0 saturated heterocycles. The van der Waals surface area contributed by atoms with Crippen molar-refractivity contribution in [2.45, 2.75) is 39.7 Å². The third-order valence-corrected chi connectivity index (χ3v) is 4.21. The van der Waals surface area contributed by atoms with Crippen LogP contribution in [0.5, 0.6) is 0 Å². The molecule has 0 aromatic heterocycles. The lowest BCUT2D eigenvalue weighted by Gasteiger charge is -2.18. The molecule has 2 rings (SSSR count). The van der Waals surface area contributed by atoms with E-state index in [1.807, 2.05) is 24.3 Å². The summed E-state index contributed by atoms with van der Waals surface area (Å²) in [7, 11) is 0. The molecular weight excluding hydrogens is 294 g/mol. The van der Waals surface area contributed by atoms with Crippen LogP contribution in [0.25, 0.3) is 0 Å². The molecule has 1 N–H and O–H groups in total. The SMILES string of the molecule is CCC(NC(=O)Cc1ccc(Cl)cc1)c1ccc(C)c(C)c1. The molecule has 22 heavy (non-hydrogen) atoms. The molecule has 0 aliphatic rings. The number of benzene rings is 2. The minimum Gasteiger partial charge on any atom is -0.349 e. The zero-order valence-corrected chi connectivity index (χ0v) is 14.1. The van der Waals surface area contributed by atoms with Crippen molar-refractivity contribution >= 4 is 17.5 Å². The number of nitrogens with one attached hydrogen (secondary N) is 1. The number of carbonyl (C=O) groups excluding carboxylic acids is 1. The zero-order valence-electron chi connectivity index (χ0n) is 13.3. The Morgan fingerprint density at radius 3 is 2.36 bits per heavy atom. The summed E-state index contributed by atoms with van der Waals surface area (Å²) in [6.45, 7) is 6.28. The Morgan fingerprint density at radius 2 is 1.77 bits per heavy atom. The van der Waals surface area contributed by atoms with Gasteiger partial charge in [-0.3, -0.25) is 4.79 Å². The Hall–Kier alpha value is -1.80. The lowest BCUT2D eigenvalue weighted by atomic mass is 9.99. The van der Waals surface area contributed by atoms with E-state index in [1.54, 1.807) is 0 Å². The molecule has 0 heterocycles. The standard InChI is InChI=1S/C19H22ClNO/c1-4-18(16-8-5-13(2)14(3)11-16)21-19(22)12-15-6-9-17(20)10-7-15/h5-11,18H,4,12H2,1-3H3,(H,21,22). The molecule has 0 aliphatic heterocycles. The van der Waals surface area contributed by atoms with Gasteiger partial charge in [0.25, 0.3) is 0 Å². The van der Waals surface area contributed by atoms with Crippen molar-refractivity contribution in [3.8, 4) is 0 Å². The van der Waals surface area contributed by atoms with E-state index >= 15 is 0 Å². The van der Waals surface area contributed by atoms with Crippen LogP contribution >= 0.6 is 11.6 Å². The molecule has 3 heteroatoms. The number of hydrogen-bond donors (Lipinski definition) is 1. The fourth-order valence-electron chi connectivity index (χ4n) is 2.44. The second-order valence-electron chi connectivity index (χ2n) is 5.68. The minimum atomic E-state index is 0.0346. The number of hydrogen-bond acceptors (Lipinski definition) is 1. The number of amides is 1. The molecule has 0 bridgehead atoms. The maximum atomic E-state index is 12.2. The van der Waals surface area contributed by atoms with Crippen molar-refractivity contribution in [1.29, 1.82) is 0 Å². The second-order valence-corrected chi connectivity index (χ2v) is 6.11. The Balaban J connectivity index is 2.04. The largest absolute Gasteiger partial charge is 0.349 e. The third kappa shape index (κ3) is 4.35. The fraction of sp³-hybridized carbons (Fsp3) is 0.316. The summed E-state index contributed by atoms with van der Waals surface area (Å²) in [5.41, 5.74) is 4.65. The van der Waals surface area contributed by atoms with Crippen molar-refractivity contribution in [3.63, 3.8) is 0 Å². The van der Waals surface area contributed by atoms with E-state index in [4.69, 9.17) is 11.6 Å². The Morgan fingerprint density at radius 1 is 1.09 bits per heavy atom. The topological polar surface area (TPSA) is 29.1 Å². The van der Waals surface area contributed by atoms with Gasteiger partial charge < -0.3 is 5.32 Å². The molecule has 1 amide bonds. The molecule has 0 fully saturated rings. The van der Waals surface area contributed by atoms with Gasteiger partial charge in [0.2, 0.25) is 5.91 Å². The highest BCUT2D eigenvalue weighted by molar-refractivity contribution is 6.30. The van der Waals surface area contributed by atoms with Gasteiger partial charge in [0.1, 0.15) is 0 Å². The van der Waals surface area contributed by atoms with E-state index in [9.17, 15) is 4.79 Å². The van der Waals surface area contributed by atoms with Crippen LogP contribution in [0.2, 0.25) is 5.02 Å². The van der Waals surface area contributed by atoms with Crippen LogP contribution in [0.4, 0.5) is 0 Å². The zero-order chi connectivity index (χ0) is 16.1. The Kier molecular flexibility index (Phi) is 5.62. The van der Waals surface area contributed by atoms with Crippen molar-refractivity contribution in [3.05, 3.63) is 69.7 Å². The highest BCUT2D eigenvalue weighted by Gasteiger charge is 2.13.